The fourth-order valence-corrected chi connectivity index (χ4v) is 5.08. The lowest BCUT2D eigenvalue weighted by Gasteiger charge is -2.33. The van der Waals surface area contributed by atoms with E-state index in [9.17, 15) is 13.2 Å². The number of nitrogens with zero attached hydrogens (tertiary/aromatic N) is 2. The van der Waals surface area contributed by atoms with Crippen LogP contribution in [-0.4, -0.2) is 38.9 Å². The number of fused-ring (bicyclic) bond motifs is 3. The molecule has 132 valence electrons. The highest BCUT2D eigenvalue weighted by Gasteiger charge is 2.36. The van der Waals surface area contributed by atoms with Crippen molar-refractivity contribution in [2.24, 2.45) is 0 Å². The SMILES string of the molecule is CCN(CC)C(=O)CN1c2ccc(Br)cc2-c2ccccc2S1(=O)=O. The number of hydrogen-bond donors (Lipinski definition) is 0. The maximum Gasteiger partial charge on any atom is 0.265 e. The molecule has 0 fully saturated rings. The monoisotopic (exact) mass is 422 g/mol. The van der Waals surface area contributed by atoms with E-state index in [-0.39, 0.29) is 17.3 Å². The van der Waals surface area contributed by atoms with Crippen LogP contribution in [0.5, 0.6) is 0 Å². The number of hydrogen-bond acceptors (Lipinski definition) is 3. The van der Waals surface area contributed by atoms with E-state index in [2.05, 4.69) is 15.9 Å². The minimum absolute atomic E-state index is 0.201. The summed E-state index contributed by atoms with van der Waals surface area (Å²) in [6.07, 6.45) is 0. The molecule has 0 bridgehead atoms. The Hall–Kier alpha value is -1.86. The van der Waals surface area contributed by atoms with Gasteiger partial charge in [0, 0.05) is 28.7 Å². The highest BCUT2D eigenvalue weighted by molar-refractivity contribution is 9.10. The molecule has 1 aliphatic rings. The standard InChI is InChI=1S/C18H19BrN2O3S/c1-3-20(4-2)18(22)12-21-16-10-9-13(19)11-15(16)14-7-5-6-8-17(14)25(21,23)24/h5-11H,3-4,12H2,1-2H3. The molecule has 0 saturated heterocycles. The summed E-state index contributed by atoms with van der Waals surface area (Å²) in [4.78, 5) is 14.4. The number of carbonyl (C=O) groups is 1. The van der Waals surface area contributed by atoms with Gasteiger partial charge in [-0.2, -0.15) is 0 Å². The second-order valence-electron chi connectivity index (χ2n) is 5.74. The lowest BCUT2D eigenvalue weighted by atomic mass is 10.0. The van der Waals surface area contributed by atoms with Crippen molar-refractivity contribution in [3.05, 3.63) is 46.9 Å². The van der Waals surface area contributed by atoms with E-state index >= 15 is 0 Å². The molecule has 0 aromatic heterocycles. The van der Waals surface area contributed by atoms with Gasteiger partial charge in [-0.15, -0.1) is 0 Å². The lowest BCUT2D eigenvalue weighted by molar-refractivity contribution is -0.129. The van der Waals surface area contributed by atoms with E-state index in [0.29, 0.717) is 24.3 Å². The molecule has 1 aliphatic heterocycles. The summed E-state index contributed by atoms with van der Waals surface area (Å²) in [5.74, 6) is -0.207. The summed E-state index contributed by atoms with van der Waals surface area (Å²) < 4.78 is 28.3. The van der Waals surface area contributed by atoms with Crippen LogP contribution in [0.25, 0.3) is 11.1 Å². The number of carbonyl (C=O) groups excluding carboxylic acids is 1. The Morgan fingerprint density at radius 2 is 1.76 bits per heavy atom. The predicted octanol–water partition coefficient (Wildman–Crippen LogP) is 3.49. The van der Waals surface area contributed by atoms with E-state index < -0.39 is 10.0 Å². The molecule has 5 nitrogen and oxygen atoms in total. The van der Waals surface area contributed by atoms with Crippen molar-refractivity contribution in [1.29, 1.82) is 0 Å². The van der Waals surface area contributed by atoms with Gasteiger partial charge in [-0.05, 0) is 38.1 Å². The molecular weight excluding hydrogens is 404 g/mol. The van der Waals surface area contributed by atoms with Gasteiger partial charge in [0.05, 0.1) is 10.6 Å². The zero-order valence-electron chi connectivity index (χ0n) is 14.1. The number of amides is 1. The Balaban J connectivity index is 2.15. The molecule has 7 heteroatoms. The number of sulfonamides is 1. The van der Waals surface area contributed by atoms with Crippen LogP contribution in [-0.2, 0) is 14.8 Å². The second-order valence-corrected chi connectivity index (χ2v) is 8.48. The average molecular weight is 423 g/mol. The van der Waals surface area contributed by atoms with Gasteiger partial charge in [-0.3, -0.25) is 9.10 Å². The van der Waals surface area contributed by atoms with Crippen LogP contribution < -0.4 is 4.31 Å². The maximum atomic E-state index is 13.1. The third kappa shape index (κ3) is 3.06. The topological polar surface area (TPSA) is 57.7 Å². The Morgan fingerprint density at radius 3 is 2.44 bits per heavy atom. The van der Waals surface area contributed by atoms with Crippen LogP contribution in [0.15, 0.2) is 51.8 Å². The van der Waals surface area contributed by atoms with Gasteiger partial charge in [0.1, 0.15) is 6.54 Å². The molecule has 25 heavy (non-hydrogen) atoms. The Kier molecular flexibility index (Phi) is 4.88. The molecule has 3 rings (SSSR count). The summed E-state index contributed by atoms with van der Waals surface area (Å²) in [5, 5.41) is 0. The zero-order valence-corrected chi connectivity index (χ0v) is 16.5. The van der Waals surface area contributed by atoms with Gasteiger partial charge in [-0.25, -0.2) is 8.42 Å². The molecule has 0 atom stereocenters. The smallest absolute Gasteiger partial charge is 0.265 e. The molecule has 2 aromatic carbocycles. The van der Waals surface area contributed by atoms with Gasteiger partial charge >= 0.3 is 0 Å². The minimum atomic E-state index is -3.78. The molecule has 2 aromatic rings. The van der Waals surface area contributed by atoms with Crippen LogP contribution in [0.2, 0.25) is 0 Å². The van der Waals surface area contributed by atoms with Crippen LogP contribution in [0, 0.1) is 0 Å². The first-order valence-corrected chi connectivity index (χ1v) is 10.3. The van der Waals surface area contributed by atoms with Crippen molar-refractivity contribution < 1.29 is 13.2 Å². The molecule has 0 N–H and O–H groups in total. The van der Waals surface area contributed by atoms with Gasteiger partial charge in [0.2, 0.25) is 5.91 Å². The number of anilines is 1. The Morgan fingerprint density at radius 1 is 1.08 bits per heavy atom. The van der Waals surface area contributed by atoms with Gasteiger partial charge < -0.3 is 4.90 Å². The molecule has 0 spiro atoms. The normalized spacial score (nSPS) is 14.6. The molecule has 0 radical (unpaired) electrons. The van der Waals surface area contributed by atoms with Crippen molar-refractivity contribution in [2.75, 3.05) is 23.9 Å². The molecule has 0 saturated carbocycles. The summed E-state index contributed by atoms with van der Waals surface area (Å²) in [7, 11) is -3.78. The van der Waals surface area contributed by atoms with Gasteiger partial charge in [0.25, 0.3) is 10.0 Å². The fourth-order valence-electron chi connectivity index (χ4n) is 3.07. The lowest BCUT2D eigenvalue weighted by Crippen LogP contribution is -2.44. The van der Waals surface area contributed by atoms with Crippen molar-refractivity contribution in [1.82, 2.24) is 4.90 Å². The predicted molar refractivity (Wildman–Crippen MR) is 102 cm³/mol. The summed E-state index contributed by atoms with van der Waals surface area (Å²) >= 11 is 3.44. The summed E-state index contributed by atoms with van der Waals surface area (Å²) in [6.45, 7) is 4.66. The quantitative estimate of drug-likeness (QED) is 0.757. The van der Waals surface area contributed by atoms with Gasteiger partial charge in [0.15, 0.2) is 0 Å². The van der Waals surface area contributed by atoms with E-state index in [0.717, 1.165) is 10.0 Å². The van der Waals surface area contributed by atoms with E-state index in [1.54, 1.807) is 35.2 Å². The molecular formula is C18H19BrN2O3S. The minimum Gasteiger partial charge on any atom is -0.342 e. The largest absolute Gasteiger partial charge is 0.342 e. The molecule has 1 amide bonds. The molecule has 0 aliphatic carbocycles. The van der Waals surface area contributed by atoms with Crippen LogP contribution >= 0.6 is 15.9 Å². The first-order valence-electron chi connectivity index (χ1n) is 8.09. The van der Waals surface area contributed by atoms with E-state index in [4.69, 9.17) is 0 Å². The third-order valence-corrected chi connectivity index (χ3v) is 6.68. The first kappa shape index (κ1) is 17.9. The van der Waals surface area contributed by atoms with Crippen molar-refractivity contribution in [2.45, 2.75) is 18.7 Å². The Labute approximate surface area is 156 Å². The summed E-state index contributed by atoms with van der Waals surface area (Å²) in [6, 6.07) is 12.3. The highest BCUT2D eigenvalue weighted by atomic mass is 79.9. The average Bonchev–Trinajstić information content (AvgIpc) is 2.60. The Bertz CT molecular complexity index is 924. The summed E-state index contributed by atoms with van der Waals surface area (Å²) in [5.41, 5.74) is 1.99. The zero-order chi connectivity index (χ0) is 18.2. The highest BCUT2D eigenvalue weighted by Crippen LogP contribution is 2.43. The first-order chi connectivity index (χ1) is 11.9. The maximum absolute atomic E-state index is 13.1. The van der Waals surface area contributed by atoms with Crippen molar-refractivity contribution in [3.63, 3.8) is 0 Å². The molecule has 1 heterocycles. The van der Waals surface area contributed by atoms with Crippen molar-refractivity contribution >= 4 is 37.5 Å². The number of rotatable bonds is 4. The second kappa shape index (κ2) is 6.80. The third-order valence-electron chi connectivity index (χ3n) is 4.37. The number of halogens is 1. The van der Waals surface area contributed by atoms with Crippen LogP contribution in [0.4, 0.5) is 5.69 Å². The number of benzene rings is 2. The van der Waals surface area contributed by atoms with Gasteiger partial charge in [-0.1, -0.05) is 34.1 Å². The number of likely N-dealkylation sites (N-methyl/N-ethyl adjacent to an activating group) is 1. The van der Waals surface area contributed by atoms with Crippen LogP contribution in [0.3, 0.4) is 0 Å². The van der Waals surface area contributed by atoms with Crippen LogP contribution in [0.1, 0.15) is 13.8 Å². The van der Waals surface area contributed by atoms with E-state index in [1.807, 2.05) is 26.0 Å². The fraction of sp³-hybridized carbons (Fsp3) is 0.278. The van der Waals surface area contributed by atoms with E-state index in [1.165, 1.54) is 4.31 Å². The molecule has 0 unspecified atom stereocenters. The van der Waals surface area contributed by atoms with Crippen molar-refractivity contribution in [3.8, 4) is 11.1 Å².